The lowest BCUT2D eigenvalue weighted by Crippen LogP contribution is -2.29. The van der Waals surface area contributed by atoms with Crippen molar-refractivity contribution in [3.05, 3.63) is 64.7 Å². The first-order chi connectivity index (χ1) is 10.1. The molecule has 0 unspecified atom stereocenters. The molecule has 0 aliphatic carbocycles. The summed E-state index contributed by atoms with van der Waals surface area (Å²) < 4.78 is 0. The lowest BCUT2D eigenvalue weighted by Gasteiger charge is -2.18. The number of ketones is 1. The van der Waals surface area contributed by atoms with Gasteiger partial charge in [-0.2, -0.15) is 0 Å². The molecule has 2 aromatic rings. The van der Waals surface area contributed by atoms with Crippen LogP contribution in [0.25, 0.3) is 0 Å². The monoisotopic (exact) mass is 279 g/mol. The molecule has 1 aliphatic heterocycles. The van der Waals surface area contributed by atoms with E-state index in [-0.39, 0.29) is 0 Å². The van der Waals surface area contributed by atoms with Gasteiger partial charge in [0.1, 0.15) is 0 Å². The van der Waals surface area contributed by atoms with Gasteiger partial charge in [0.2, 0.25) is 0 Å². The first-order valence-electron chi connectivity index (χ1n) is 7.15. The number of aryl methyl sites for hydroxylation is 2. The van der Waals surface area contributed by atoms with Gasteiger partial charge in [-0.3, -0.25) is 9.59 Å². The molecule has 0 fully saturated rings. The van der Waals surface area contributed by atoms with Crippen LogP contribution in [-0.2, 0) is 17.8 Å². The standard InChI is InChI=1S/C18H17NO2/c1-3-13-8-9-16-15(10-13)17(20)18(21)19(16)11-14-7-5-4-6-12(14)2/h4-10H,3,11H2,1-2H3. The Morgan fingerprint density at radius 3 is 2.52 bits per heavy atom. The molecule has 0 radical (unpaired) electrons. The van der Waals surface area contributed by atoms with E-state index in [0.717, 1.165) is 28.8 Å². The zero-order valence-electron chi connectivity index (χ0n) is 12.2. The molecule has 1 heterocycles. The maximum absolute atomic E-state index is 12.3. The molecule has 3 nitrogen and oxygen atoms in total. The predicted molar refractivity (Wildman–Crippen MR) is 82.5 cm³/mol. The zero-order chi connectivity index (χ0) is 15.0. The number of hydrogen-bond donors (Lipinski definition) is 0. The summed E-state index contributed by atoms with van der Waals surface area (Å²) in [5.74, 6) is -0.824. The summed E-state index contributed by atoms with van der Waals surface area (Å²) in [6.07, 6.45) is 0.854. The number of amides is 1. The topological polar surface area (TPSA) is 37.4 Å². The minimum absolute atomic E-state index is 0.395. The summed E-state index contributed by atoms with van der Waals surface area (Å²) in [5, 5.41) is 0. The lowest BCUT2D eigenvalue weighted by molar-refractivity contribution is -0.114. The van der Waals surface area contributed by atoms with Gasteiger partial charge in [-0.15, -0.1) is 0 Å². The van der Waals surface area contributed by atoms with E-state index in [1.54, 1.807) is 4.90 Å². The van der Waals surface area contributed by atoms with Crippen molar-refractivity contribution < 1.29 is 9.59 Å². The Labute approximate surface area is 124 Å². The number of benzene rings is 2. The summed E-state index contributed by atoms with van der Waals surface area (Å²) in [4.78, 5) is 26.0. The van der Waals surface area contributed by atoms with E-state index in [9.17, 15) is 9.59 Å². The van der Waals surface area contributed by atoms with E-state index in [1.807, 2.05) is 56.3 Å². The van der Waals surface area contributed by atoms with Gasteiger partial charge < -0.3 is 4.90 Å². The summed E-state index contributed by atoms with van der Waals surface area (Å²) in [7, 11) is 0. The second-order valence-corrected chi connectivity index (χ2v) is 5.35. The van der Waals surface area contributed by atoms with Crippen LogP contribution in [0.1, 0.15) is 34.0 Å². The van der Waals surface area contributed by atoms with Crippen molar-refractivity contribution in [3.8, 4) is 0 Å². The molecule has 1 aliphatic rings. The van der Waals surface area contributed by atoms with Gasteiger partial charge in [0.05, 0.1) is 17.8 Å². The van der Waals surface area contributed by atoms with Gasteiger partial charge in [0.25, 0.3) is 11.7 Å². The van der Waals surface area contributed by atoms with Gasteiger partial charge in [-0.1, -0.05) is 37.3 Å². The number of Topliss-reactive ketones (excluding diaryl/α,β-unsaturated/α-hetero) is 1. The highest BCUT2D eigenvalue weighted by molar-refractivity contribution is 6.52. The van der Waals surface area contributed by atoms with Gasteiger partial charge in [-0.25, -0.2) is 0 Å². The van der Waals surface area contributed by atoms with Crippen LogP contribution in [0.4, 0.5) is 5.69 Å². The number of nitrogens with zero attached hydrogens (tertiary/aromatic N) is 1. The molecular formula is C18H17NO2. The fourth-order valence-electron chi connectivity index (χ4n) is 2.68. The Morgan fingerprint density at radius 2 is 1.81 bits per heavy atom. The molecule has 0 atom stereocenters. The lowest BCUT2D eigenvalue weighted by atomic mass is 10.1. The highest BCUT2D eigenvalue weighted by Gasteiger charge is 2.35. The van der Waals surface area contributed by atoms with Crippen LogP contribution in [0.2, 0.25) is 0 Å². The smallest absolute Gasteiger partial charge is 0.299 e. The highest BCUT2D eigenvalue weighted by atomic mass is 16.2. The predicted octanol–water partition coefficient (Wildman–Crippen LogP) is 3.29. The van der Waals surface area contributed by atoms with Crippen molar-refractivity contribution in [2.24, 2.45) is 0 Å². The van der Waals surface area contributed by atoms with E-state index in [4.69, 9.17) is 0 Å². The Balaban J connectivity index is 2.00. The minimum Gasteiger partial charge on any atom is -0.300 e. The zero-order valence-corrected chi connectivity index (χ0v) is 12.2. The second kappa shape index (κ2) is 5.17. The van der Waals surface area contributed by atoms with E-state index >= 15 is 0 Å². The van der Waals surface area contributed by atoms with Crippen molar-refractivity contribution in [3.63, 3.8) is 0 Å². The third kappa shape index (κ3) is 2.25. The number of fused-ring (bicyclic) bond motifs is 1. The van der Waals surface area contributed by atoms with Crippen LogP contribution in [0.15, 0.2) is 42.5 Å². The van der Waals surface area contributed by atoms with Crippen molar-refractivity contribution in [1.82, 2.24) is 0 Å². The van der Waals surface area contributed by atoms with Crippen LogP contribution in [0.5, 0.6) is 0 Å². The number of rotatable bonds is 3. The Bertz CT molecular complexity index is 734. The van der Waals surface area contributed by atoms with E-state index in [1.165, 1.54) is 0 Å². The molecule has 0 N–H and O–H groups in total. The Hall–Kier alpha value is -2.42. The van der Waals surface area contributed by atoms with Crippen molar-refractivity contribution >= 4 is 17.4 Å². The summed E-state index contributed by atoms with van der Waals surface area (Å²) in [6, 6.07) is 13.6. The van der Waals surface area contributed by atoms with Gasteiger partial charge in [-0.05, 0) is 42.2 Å². The molecule has 2 aromatic carbocycles. The third-order valence-corrected chi connectivity index (χ3v) is 4.03. The van der Waals surface area contributed by atoms with Crippen molar-refractivity contribution in [1.29, 1.82) is 0 Å². The summed E-state index contributed by atoms with van der Waals surface area (Å²) >= 11 is 0. The van der Waals surface area contributed by atoms with Crippen LogP contribution in [-0.4, -0.2) is 11.7 Å². The van der Waals surface area contributed by atoms with Crippen LogP contribution < -0.4 is 4.90 Å². The van der Waals surface area contributed by atoms with Crippen LogP contribution in [0.3, 0.4) is 0 Å². The molecule has 21 heavy (non-hydrogen) atoms. The molecule has 0 saturated heterocycles. The van der Waals surface area contributed by atoms with Crippen molar-refractivity contribution in [2.75, 3.05) is 4.90 Å². The van der Waals surface area contributed by atoms with Gasteiger partial charge in [0.15, 0.2) is 0 Å². The molecular weight excluding hydrogens is 262 g/mol. The average molecular weight is 279 g/mol. The number of carbonyl (C=O) groups excluding carboxylic acids is 2. The molecule has 3 rings (SSSR count). The number of carbonyl (C=O) groups is 2. The fourth-order valence-corrected chi connectivity index (χ4v) is 2.68. The Morgan fingerprint density at radius 1 is 1.05 bits per heavy atom. The first-order valence-corrected chi connectivity index (χ1v) is 7.15. The third-order valence-electron chi connectivity index (χ3n) is 4.03. The fraction of sp³-hybridized carbons (Fsp3) is 0.222. The highest BCUT2D eigenvalue weighted by Crippen LogP contribution is 2.31. The summed E-state index contributed by atoms with van der Waals surface area (Å²) in [6.45, 7) is 4.49. The van der Waals surface area contributed by atoms with Gasteiger partial charge >= 0.3 is 0 Å². The molecule has 0 bridgehead atoms. The van der Waals surface area contributed by atoms with Crippen LogP contribution >= 0.6 is 0 Å². The first kappa shape index (κ1) is 13.6. The van der Waals surface area contributed by atoms with Crippen LogP contribution in [0, 0.1) is 6.92 Å². The molecule has 1 amide bonds. The van der Waals surface area contributed by atoms with Crippen molar-refractivity contribution in [2.45, 2.75) is 26.8 Å². The summed E-state index contributed by atoms with van der Waals surface area (Å²) in [5.41, 5.74) is 4.52. The molecule has 0 spiro atoms. The molecule has 106 valence electrons. The maximum atomic E-state index is 12.3. The minimum atomic E-state index is -0.429. The maximum Gasteiger partial charge on any atom is 0.299 e. The average Bonchev–Trinajstić information content (AvgIpc) is 2.74. The Kier molecular flexibility index (Phi) is 3.34. The van der Waals surface area contributed by atoms with E-state index < -0.39 is 11.7 Å². The molecule has 3 heteroatoms. The number of hydrogen-bond acceptors (Lipinski definition) is 2. The quantitative estimate of drug-likeness (QED) is 0.808. The second-order valence-electron chi connectivity index (χ2n) is 5.35. The largest absolute Gasteiger partial charge is 0.300 e. The SMILES string of the molecule is CCc1ccc2c(c1)C(=O)C(=O)N2Cc1ccccc1C. The van der Waals surface area contributed by atoms with Gasteiger partial charge in [0, 0.05) is 0 Å². The number of anilines is 1. The van der Waals surface area contributed by atoms with E-state index in [0.29, 0.717) is 12.1 Å². The molecule has 0 aromatic heterocycles. The normalized spacial score (nSPS) is 13.7. The van der Waals surface area contributed by atoms with E-state index in [2.05, 4.69) is 0 Å². The molecule has 0 saturated carbocycles.